The highest BCUT2D eigenvalue weighted by Gasteiger charge is 2.06. The van der Waals surface area contributed by atoms with Crippen molar-refractivity contribution in [2.75, 3.05) is 7.05 Å². The molecule has 0 saturated carbocycles. The van der Waals surface area contributed by atoms with Crippen LogP contribution < -0.4 is 5.32 Å². The lowest BCUT2D eigenvalue weighted by Gasteiger charge is -1.91. The van der Waals surface area contributed by atoms with Crippen LogP contribution in [0.5, 0.6) is 0 Å². The summed E-state index contributed by atoms with van der Waals surface area (Å²) in [6.07, 6.45) is 4.75. The Hall–Kier alpha value is -1.33. The first-order chi connectivity index (χ1) is 6.79. The van der Waals surface area contributed by atoms with Crippen LogP contribution in [0.2, 0.25) is 5.02 Å². The van der Waals surface area contributed by atoms with Gasteiger partial charge in [-0.05, 0) is 7.05 Å². The molecule has 74 valence electrons. The van der Waals surface area contributed by atoms with Gasteiger partial charge >= 0.3 is 6.01 Å². The monoisotopic (exact) mass is 212 g/mol. The highest BCUT2D eigenvalue weighted by molar-refractivity contribution is 6.30. The highest BCUT2D eigenvalue weighted by atomic mass is 35.5. The van der Waals surface area contributed by atoms with Crippen molar-refractivity contribution in [2.45, 2.75) is 6.54 Å². The Morgan fingerprint density at radius 2 is 2.50 bits per heavy atom. The van der Waals surface area contributed by atoms with Crippen molar-refractivity contribution < 1.29 is 4.42 Å². The summed E-state index contributed by atoms with van der Waals surface area (Å²) in [5.41, 5.74) is 0.828. The molecule has 0 bridgehead atoms. The Labute approximate surface area is 85.7 Å². The number of nitrogens with zero attached hydrogens (tertiary/aromatic N) is 3. The van der Waals surface area contributed by atoms with Gasteiger partial charge in [0.05, 0.1) is 23.1 Å². The molecule has 2 rings (SSSR count). The molecule has 0 aliphatic carbocycles. The van der Waals surface area contributed by atoms with Crippen molar-refractivity contribution in [1.29, 1.82) is 0 Å². The van der Waals surface area contributed by atoms with Crippen molar-refractivity contribution in [1.82, 2.24) is 20.1 Å². The molecule has 6 heteroatoms. The first kappa shape index (κ1) is 9.23. The van der Waals surface area contributed by atoms with Crippen molar-refractivity contribution in [2.24, 2.45) is 0 Å². The second kappa shape index (κ2) is 3.81. The molecule has 0 atom stereocenters. The fraction of sp³-hybridized carbons (Fsp3) is 0.250. The van der Waals surface area contributed by atoms with E-state index < -0.39 is 0 Å². The van der Waals surface area contributed by atoms with Gasteiger partial charge in [-0.15, -0.1) is 0 Å². The van der Waals surface area contributed by atoms with E-state index in [0.29, 0.717) is 17.6 Å². The maximum absolute atomic E-state index is 5.71. The molecule has 0 aliphatic rings. The SMILES string of the molecule is CNCc1coc(-n2cc(Cl)cn2)n1. The van der Waals surface area contributed by atoms with Crippen LogP contribution in [0.15, 0.2) is 23.1 Å². The van der Waals surface area contributed by atoms with E-state index >= 15 is 0 Å². The first-order valence-electron chi connectivity index (χ1n) is 4.09. The van der Waals surface area contributed by atoms with Crippen molar-refractivity contribution in [3.8, 4) is 6.01 Å². The molecule has 14 heavy (non-hydrogen) atoms. The zero-order chi connectivity index (χ0) is 9.97. The van der Waals surface area contributed by atoms with Crippen LogP contribution in [0, 0.1) is 0 Å². The van der Waals surface area contributed by atoms with Gasteiger partial charge in [-0.3, -0.25) is 0 Å². The van der Waals surface area contributed by atoms with Gasteiger partial charge in [0.25, 0.3) is 0 Å². The molecule has 0 unspecified atom stereocenters. The Morgan fingerprint density at radius 1 is 1.64 bits per heavy atom. The van der Waals surface area contributed by atoms with Crippen LogP contribution in [0.4, 0.5) is 0 Å². The Balaban J connectivity index is 2.24. The standard InChI is InChI=1S/C8H9ClN4O/c1-10-3-7-5-14-8(12-7)13-4-6(9)2-11-13/h2,4-5,10H,3H2,1H3. The molecule has 0 amide bonds. The van der Waals surface area contributed by atoms with Gasteiger partial charge < -0.3 is 9.73 Å². The lowest BCUT2D eigenvalue weighted by Crippen LogP contribution is -2.05. The summed E-state index contributed by atoms with van der Waals surface area (Å²) in [6.45, 7) is 0.665. The normalized spacial score (nSPS) is 10.7. The second-order valence-electron chi connectivity index (χ2n) is 2.75. The molecule has 2 aromatic heterocycles. The molecule has 0 saturated heterocycles. The summed E-state index contributed by atoms with van der Waals surface area (Å²) in [4.78, 5) is 4.20. The van der Waals surface area contributed by atoms with Crippen LogP contribution in [-0.4, -0.2) is 21.8 Å². The molecular weight excluding hydrogens is 204 g/mol. The third-order valence-corrected chi connectivity index (χ3v) is 1.84. The smallest absolute Gasteiger partial charge is 0.322 e. The quantitative estimate of drug-likeness (QED) is 0.832. The maximum Gasteiger partial charge on any atom is 0.322 e. The molecule has 0 fully saturated rings. The number of hydrogen-bond acceptors (Lipinski definition) is 4. The Morgan fingerprint density at radius 3 is 3.14 bits per heavy atom. The summed E-state index contributed by atoms with van der Waals surface area (Å²) < 4.78 is 6.69. The summed E-state index contributed by atoms with van der Waals surface area (Å²) in [5, 5.41) is 7.50. The van der Waals surface area contributed by atoms with E-state index in [9.17, 15) is 0 Å². The highest BCUT2D eigenvalue weighted by Crippen LogP contribution is 2.11. The number of oxazole rings is 1. The Kier molecular flexibility index (Phi) is 2.51. The molecule has 2 aromatic rings. The van der Waals surface area contributed by atoms with Crippen LogP contribution in [0.25, 0.3) is 6.01 Å². The second-order valence-corrected chi connectivity index (χ2v) is 3.19. The molecule has 5 nitrogen and oxygen atoms in total. The average Bonchev–Trinajstić information content (AvgIpc) is 2.74. The largest absolute Gasteiger partial charge is 0.430 e. The predicted molar refractivity (Wildman–Crippen MR) is 51.4 cm³/mol. The lowest BCUT2D eigenvalue weighted by atomic mass is 10.5. The topological polar surface area (TPSA) is 55.9 Å². The molecule has 0 radical (unpaired) electrons. The van der Waals surface area contributed by atoms with E-state index in [4.69, 9.17) is 16.0 Å². The fourth-order valence-corrected chi connectivity index (χ4v) is 1.21. The lowest BCUT2D eigenvalue weighted by molar-refractivity contribution is 0.509. The van der Waals surface area contributed by atoms with Crippen molar-refractivity contribution in [3.63, 3.8) is 0 Å². The van der Waals surface area contributed by atoms with E-state index in [-0.39, 0.29) is 0 Å². The molecule has 2 heterocycles. The van der Waals surface area contributed by atoms with Gasteiger partial charge in [0, 0.05) is 6.54 Å². The van der Waals surface area contributed by atoms with Gasteiger partial charge in [-0.25, -0.2) is 0 Å². The third kappa shape index (κ3) is 1.78. The number of nitrogens with one attached hydrogen (secondary N) is 1. The zero-order valence-corrected chi connectivity index (χ0v) is 8.32. The predicted octanol–water partition coefficient (Wildman–Crippen LogP) is 1.23. The van der Waals surface area contributed by atoms with Gasteiger partial charge in [0.1, 0.15) is 6.26 Å². The van der Waals surface area contributed by atoms with Gasteiger partial charge in [-0.2, -0.15) is 14.8 Å². The summed E-state index contributed by atoms with van der Waals surface area (Å²) >= 11 is 5.71. The molecule has 0 aliphatic heterocycles. The molecule has 0 aromatic carbocycles. The summed E-state index contributed by atoms with van der Waals surface area (Å²) in [6, 6.07) is 0.419. The van der Waals surface area contributed by atoms with Gasteiger partial charge in [0.2, 0.25) is 0 Å². The van der Waals surface area contributed by atoms with Crippen LogP contribution in [-0.2, 0) is 6.54 Å². The van der Waals surface area contributed by atoms with E-state index in [1.807, 2.05) is 7.05 Å². The minimum atomic E-state index is 0.419. The third-order valence-electron chi connectivity index (χ3n) is 1.64. The first-order valence-corrected chi connectivity index (χ1v) is 4.47. The van der Waals surface area contributed by atoms with E-state index in [0.717, 1.165) is 5.69 Å². The summed E-state index contributed by atoms with van der Waals surface area (Å²) in [7, 11) is 1.85. The minimum absolute atomic E-state index is 0.419. The number of rotatable bonds is 3. The minimum Gasteiger partial charge on any atom is -0.430 e. The maximum atomic E-state index is 5.71. The Bertz CT molecular complexity index is 422. The fourth-order valence-electron chi connectivity index (χ4n) is 1.07. The van der Waals surface area contributed by atoms with E-state index in [1.165, 1.54) is 10.9 Å². The average molecular weight is 213 g/mol. The van der Waals surface area contributed by atoms with E-state index in [2.05, 4.69) is 15.4 Å². The molecule has 1 N–H and O–H groups in total. The van der Waals surface area contributed by atoms with Gasteiger partial charge in [0.15, 0.2) is 0 Å². The van der Waals surface area contributed by atoms with E-state index in [1.54, 1.807) is 12.5 Å². The van der Waals surface area contributed by atoms with Crippen LogP contribution >= 0.6 is 11.6 Å². The number of aromatic nitrogens is 3. The zero-order valence-electron chi connectivity index (χ0n) is 7.57. The van der Waals surface area contributed by atoms with Crippen molar-refractivity contribution in [3.05, 3.63) is 29.4 Å². The van der Waals surface area contributed by atoms with Crippen molar-refractivity contribution >= 4 is 11.6 Å². The number of halogens is 1. The van der Waals surface area contributed by atoms with Crippen LogP contribution in [0.3, 0.4) is 0 Å². The number of hydrogen-bond donors (Lipinski definition) is 1. The molecule has 0 spiro atoms. The van der Waals surface area contributed by atoms with Gasteiger partial charge in [-0.1, -0.05) is 11.6 Å². The molecular formula is C8H9ClN4O. The van der Waals surface area contributed by atoms with Crippen LogP contribution in [0.1, 0.15) is 5.69 Å². The summed E-state index contributed by atoms with van der Waals surface area (Å²) in [5.74, 6) is 0.